The van der Waals surface area contributed by atoms with Gasteiger partial charge in [-0.3, -0.25) is 14.2 Å². The van der Waals surface area contributed by atoms with Gasteiger partial charge >= 0.3 is 0 Å². The molecule has 0 aliphatic rings. The summed E-state index contributed by atoms with van der Waals surface area (Å²) in [4.78, 5) is 26.6. The second kappa shape index (κ2) is 11.9. The summed E-state index contributed by atoms with van der Waals surface area (Å²) in [6.07, 6.45) is 1.71. The second-order valence-electron chi connectivity index (χ2n) is 7.89. The minimum absolute atomic E-state index is 0.134. The van der Waals surface area contributed by atoms with E-state index in [9.17, 15) is 14.9 Å². The molecule has 37 heavy (non-hydrogen) atoms. The van der Waals surface area contributed by atoms with E-state index in [2.05, 4.69) is 5.32 Å². The minimum Gasteiger partial charge on any atom is -0.493 e. The third-order valence-electron chi connectivity index (χ3n) is 5.47. The van der Waals surface area contributed by atoms with Gasteiger partial charge in [0.15, 0.2) is 17.1 Å². The van der Waals surface area contributed by atoms with Gasteiger partial charge in [0.2, 0.25) is 0 Å². The summed E-state index contributed by atoms with van der Waals surface area (Å²) < 4.78 is 13.0. The molecular weight excluding hydrogens is 486 g/mol. The molecule has 0 spiro atoms. The van der Waals surface area contributed by atoms with E-state index < -0.39 is 5.91 Å². The molecule has 7 nitrogen and oxygen atoms in total. The van der Waals surface area contributed by atoms with Crippen LogP contribution < -0.4 is 29.5 Å². The number of para-hydroxylation sites is 1. The maximum atomic E-state index is 13.6. The summed E-state index contributed by atoms with van der Waals surface area (Å²) >= 11 is 1.09. The molecule has 0 bridgehead atoms. The van der Waals surface area contributed by atoms with Gasteiger partial charge in [-0.1, -0.05) is 54.6 Å². The molecule has 4 rings (SSSR count). The summed E-state index contributed by atoms with van der Waals surface area (Å²) in [7, 11) is 1.55. The molecular formula is C29H25N3O4S. The zero-order chi connectivity index (χ0) is 26.2. The fourth-order valence-corrected chi connectivity index (χ4v) is 4.83. The second-order valence-corrected chi connectivity index (χ2v) is 8.92. The van der Waals surface area contributed by atoms with Crippen LogP contribution in [0.1, 0.15) is 18.1 Å². The van der Waals surface area contributed by atoms with Gasteiger partial charge in [0.1, 0.15) is 10.7 Å². The Kier molecular flexibility index (Phi) is 8.18. The molecule has 0 fully saturated rings. The quantitative estimate of drug-likeness (QED) is 0.392. The van der Waals surface area contributed by atoms with E-state index in [1.165, 1.54) is 4.57 Å². The van der Waals surface area contributed by atoms with Crippen LogP contribution >= 0.6 is 11.3 Å². The summed E-state index contributed by atoms with van der Waals surface area (Å²) in [5.74, 6) is 0.595. The van der Waals surface area contributed by atoms with Crippen LogP contribution in [0.2, 0.25) is 0 Å². The van der Waals surface area contributed by atoms with Crippen molar-refractivity contribution < 1.29 is 14.3 Å². The topological polar surface area (TPSA) is 93.4 Å². The summed E-state index contributed by atoms with van der Waals surface area (Å²) in [6, 6.07) is 25.8. The maximum Gasteiger partial charge on any atom is 0.273 e. The Labute approximate surface area is 218 Å². The van der Waals surface area contributed by atoms with Crippen molar-refractivity contribution in [2.24, 2.45) is 0 Å². The first kappa shape index (κ1) is 25.5. The molecule has 4 aromatic rings. The molecule has 0 saturated carbocycles. The molecule has 3 aromatic carbocycles. The monoisotopic (exact) mass is 511 g/mol. The number of thiazole rings is 1. The smallest absolute Gasteiger partial charge is 0.273 e. The number of carbonyl (C=O) groups is 1. The zero-order valence-corrected chi connectivity index (χ0v) is 21.2. The highest BCUT2D eigenvalue weighted by atomic mass is 32.1. The van der Waals surface area contributed by atoms with Crippen molar-refractivity contribution in [2.45, 2.75) is 13.5 Å². The highest BCUT2D eigenvalue weighted by Gasteiger charge is 2.17. The first-order valence-corrected chi connectivity index (χ1v) is 12.4. The lowest BCUT2D eigenvalue weighted by atomic mass is 10.2. The molecule has 0 saturated heterocycles. The Morgan fingerprint density at radius 3 is 2.41 bits per heavy atom. The summed E-state index contributed by atoms with van der Waals surface area (Å²) in [5, 5.41) is 12.8. The first-order chi connectivity index (χ1) is 18.0. The number of nitriles is 1. The lowest BCUT2D eigenvalue weighted by molar-refractivity contribution is -0.115. The van der Waals surface area contributed by atoms with Crippen LogP contribution in [0.5, 0.6) is 11.5 Å². The van der Waals surface area contributed by atoms with E-state index in [1.807, 2.05) is 55.5 Å². The van der Waals surface area contributed by atoms with Crippen molar-refractivity contribution in [1.82, 2.24) is 9.88 Å². The third-order valence-corrected chi connectivity index (χ3v) is 6.56. The number of carbonyl (C=O) groups excluding carboxylic acids is 1. The van der Waals surface area contributed by atoms with Gasteiger partial charge in [0.05, 0.1) is 23.9 Å². The van der Waals surface area contributed by atoms with E-state index in [0.717, 1.165) is 22.5 Å². The standard InChI is InChI=1S/C29H25N3O4S/c1-3-36-24-15-14-21(16-25(24)35-2)17-26-28(34)32(22-12-8-5-9-13-22)29(37-26)23(18-30)27(33)31-19-20-10-6-4-7-11-20/h4-17H,3,19H2,1-2H3,(H,31,33). The average Bonchev–Trinajstić information content (AvgIpc) is 3.24. The number of methoxy groups -OCH3 is 1. The number of benzene rings is 3. The molecule has 0 atom stereocenters. The Bertz CT molecular complexity index is 1620. The van der Waals surface area contributed by atoms with Crippen molar-refractivity contribution in [3.05, 3.63) is 110 Å². The Morgan fingerprint density at radius 2 is 1.76 bits per heavy atom. The van der Waals surface area contributed by atoms with Crippen molar-refractivity contribution >= 4 is 28.9 Å². The van der Waals surface area contributed by atoms with Crippen LogP contribution in [0, 0.1) is 11.3 Å². The van der Waals surface area contributed by atoms with Gasteiger partial charge in [0.25, 0.3) is 11.5 Å². The number of nitrogens with one attached hydrogen (secondary N) is 1. The number of rotatable bonds is 8. The van der Waals surface area contributed by atoms with Gasteiger partial charge in [-0.15, -0.1) is 11.3 Å². The van der Waals surface area contributed by atoms with Crippen LogP contribution in [0.3, 0.4) is 0 Å². The normalized spacial score (nSPS) is 12.0. The van der Waals surface area contributed by atoms with Crippen LogP contribution in [-0.4, -0.2) is 24.2 Å². The Balaban J connectivity index is 1.86. The van der Waals surface area contributed by atoms with Crippen molar-refractivity contribution in [1.29, 1.82) is 5.26 Å². The van der Waals surface area contributed by atoms with Gasteiger partial charge in [-0.25, -0.2) is 0 Å². The predicted octanol–water partition coefficient (Wildman–Crippen LogP) is 3.13. The molecule has 0 aliphatic carbocycles. The number of aromatic nitrogens is 1. The largest absolute Gasteiger partial charge is 0.493 e. The van der Waals surface area contributed by atoms with E-state index in [-0.39, 0.29) is 22.3 Å². The number of amides is 1. The number of nitrogens with zero attached hydrogens (tertiary/aromatic N) is 2. The highest BCUT2D eigenvalue weighted by molar-refractivity contribution is 7.07. The average molecular weight is 512 g/mol. The SMILES string of the molecule is CCOc1ccc(C=c2sc(=C(C#N)C(=O)NCc3ccccc3)n(-c3ccccc3)c2=O)cc1OC. The van der Waals surface area contributed by atoms with E-state index >= 15 is 0 Å². The molecule has 1 N–H and O–H groups in total. The lowest BCUT2D eigenvalue weighted by Crippen LogP contribution is -2.33. The molecule has 8 heteroatoms. The zero-order valence-electron chi connectivity index (χ0n) is 20.4. The molecule has 0 aliphatic heterocycles. The van der Waals surface area contributed by atoms with Gasteiger partial charge in [0, 0.05) is 6.54 Å². The van der Waals surface area contributed by atoms with Crippen LogP contribution in [0.4, 0.5) is 0 Å². The highest BCUT2D eigenvalue weighted by Crippen LogP contribution is 2.28. The van der Waals surface area contributed by atoms with Gasteiger partial charge < -0.3 is 14.8 Å². The molecule has 1 amide bonds. The Hall–Kier alpha value is -4.61. The summed E-state index contributed by atoms with van der Waals surface area (Å²) in [6.45, 7) is 2.64. The third kappa shape index (κ3) is 5.80. The van der Waals surface area contributed by atoms with Crippen molar-refractivity contribution in [3.8, 4) is 23.3 Å². The fourth-order valence-electron chi connectivity index (χ4n) is 3.72. The lowest BCUT2D eigenvalue weighted by Gasteiger charge is -2.09. The predicted molar refractivity (Wildman–Crippen MR) is 144 cm³/mol. The molecule has 186 valence electrons. The molecule has 0 unspecified atom stereocenters. The van der Waals surface area contributed by atoms with E-state index in [4.69, 9.17) is 9.47 Å². The molecule has 0 radical (unpaired) electrons. The van der Waals surface area contributed by atoms with Crippen LogP contribution in [0.15, 0.2) is 83.7 Å². The van der Waals surface area contributed by atoms with Crippen molar-refractivity contribution in [2.75, 3.05) is 13.7 Å². The van der Waals surface area contributed by atoms with Crippen LogP contribution in [0.25, 0.3) is 17.3 Å². The fraction of sp³-hybridized carbons (Fsp3) is 0.138. The van der Waals surface area contributed by atoms with E-state index in [1.54, 1.807) is 49.6 Å². The maximum absolute atomic E-state index is 13.6. The molecule has 1 aromatic heterocycles. The van der Waals surface area contributed by atoms with Gasteiger partial charge in [-0.2, -0.15) is 5.26 Å². The molecule has 1 heterocycles. The number of hydrogen-bond donors (Lipinski definition) is 1. The number of hydrogen-bond acceptors (Lipinski definition) is 6. The van der Waals surface area contributed by atoms with Crippen molar-refractivity contribution in [3.63, 3.8) is 0 Å². The Morgan fingerprint density at radius 1 is 1.05 bits per heavy atom. The number of ether oxygens (including phenoxy) is 2. The van der Waals surface area contributed by atoms with E-state index in [0.29, 0.717) is 28.3 Å². The van der Waals surface area contributed by atoms with Crippen LogP contribution in [-0.2, 0) is 11.3 Å². The minimum atomic E-state index is -0.549. The van der Waals surface area contributed by atoms with Gasteiger partial charge in [-0.05, 0) is 48.4 Å². The summed E-state index contributed by atoms with van der Waals surface area (Å²) in [5.41, 5.74) is 1.72. The first-order valence-electron chi connectivity index (χ1n) is 11.6.